The molecule has 0 heterocycles. The molecule has 1 N–H and O–H groups in total. The molecule has 0 aromatic rings. The van der Waals surface area contributed by atoms with Crippen molar-refractivity contribution >= 4 is 5.78 Å². The first-order valence-electron chi connectivity index (χ1n) is 4.88. The highest BCUT2D eigenvalue weighted by atomic mass is 16.2. The predicted molar refractivity (Wildman–Crippen MR) is 50.3 cm³/mol. The van der Waals surface area contributed by atoms with Crippen LogP contribution in [0.2, 0.25) is 0 Å². The van der Waals surface area contributed by atoms with Crippen LogP contribution in [0, 0.1) is 23.2 Å². The Morgan fingerprint density at radius 2 is 2.15 bits per heavy atom. The molecule has 2 saturated carbocycles. The third-order valence-electron chi connectivity index (χ3n) is 3.89. The summed E-state index contributed by atoms with van der Waals surface area (Å²) in [6, 6.07) is 0. The summed E-state index contributed by atoms with van der Waals surface area (Å²) in [5, 5.41) is 8.96. The minimum absolute atomic E-state index is 0.177. The number of fused-ring (bicyclic) bond motifs is 1. The molecule has 13 heavy (non-hydrogen) atoms. The molecule has 0 unspecified atom stereocenters. The SMILES string of the molecule is C[C@@H]1C[C@H]2[C@@H](C(=O)/C1=C/O)C2(C)C. The van der Waals surface area contributed by atoms with Gasteiger partial charge >= 0.3 is 0 Å². The van der Waals surface area contributed by atoms with Gasteiger partial charge in [0.1, 0.15) is 0 Å². The molecule has 72 valence electrons. The van der Waals surface area contributed by atoms with Gasteiger partial charge in [-0.05, 0) is 23.7 Å². The summed E-state index contributed by atoms with van der Waals surface area (Å²) in [4.78, 5) is 11.8. The Hall–Kier alpha value is -0.790. The maximum Gasteiger partial charge on any atom is 0.166 e. The number of allylic oxidation sites excluding steroid dienone is 1. The lowest BCUT2D eigenvalue weighted by atomic mass is 9.85. The minimum atomic E-state index is 0.177. The zero-order valence-corrected chi connectivity index (χ0v) is 8.37. The van der Waals surface area contributed by atoms with Crippen molar-refractivity contribution in [3.8, 4) is 0 Å². The molecule has 2 nitrogen and oxygen atoms in total. The average Bonchev–Trinajstić information content (AvgIpc) is 2.54. The summed E-state index contributed by atoms with van der Waals surface area (Å²) in [5.41, 5.74) is 0.808. The van der Waals surface area contributed by atoms with Gasteiger partial charge in [-0.25, -0.2) is 0 Å². The van der Waals surface area contributed by atoms with E-state index in [9.17, 15) is 4.79 Å². The zero-order valence-electron chi connectivity index (χ0n) is 8.37. The summed E-state index contributed by atoms with van der Waals surface area (Å²) >= 11 is 0. The maximum absolute atomic E-state index is 11.8. The zero-order chi connectivity index (χ0) is 9.80. The Kier molecular flexibility index (Phi) is 1.60. The number of hydrogen-bond donors (Lipinski definition) is 1. The van der Waals surface area contributed by atoms with Gasteiger partial charge in [0.25, 0.3) is 0 Å². The predicted octanol–water partition coefficient (Wildman–Crippen LogP) is 2.31. The lowest BCUT2D eigenvalue weighted by Gasteiger charge is -2.18. The van der Waals surface area contributed by atoms with Crippen LogP contribution >= 0.6 is 0 Å². The molecule has 0 spiro atoms. The van der Waals surface area contributed by atoms with E-state index < -0.39 is 0 Å². The molecule has 2 heteroatoms. The summed E-state index contributed by atoms with van der Waals surface area (Å²) in [5.74, 6) is 1.15. The number of hydrogen-bond acceptors (Lipinski definition) is 2. The first-order chi connectivity index (χ1) is 6.00. The highest BCUT2D eigenvalue weighted by Crippen LogP contribution is 2.65. The third-order valence-corrected chi connectivity index (χ3v) is 3.89. The van der Waals surface area contributed by atoms with Crippen LogP contribution in [0.1, 0.15) is 27.2 Å². The topological polar surface area (TPSA) is 37.3 Å². The lowest BCUT2D eigenvalue weighted by molar-refractivity contribution is -0.118. The van der Waals surface area contributed by atoms with Crippen LogP contribution < -0.4 is 0 Å². The van der Waals surface area contributed by atoms with E-state index in [1.807, 2.05) is 6.92 Å². The van der Waals surface area contributed by atoms with Crippen LogP contribution in [-0.2, 0) is 4.79 Å². The smallest absolute Gasteiger partial charge is 0.166 e. The monoisotopic (exact) mass is 180 g/mol. The van der Waals surface area contributed by atoms with E-state index in [4.69, 9.17) is 5.11 Å². The average molecular weight is 180 g/mol. The van der Waals surface area contributed by atoms with Crippen LogP contribution in [0.3, 0.4) is 0 Å². The Morgan fingerprint density at radius 1 is 1.54 bits per heavy atom. The van der Waals surface area contributed by atoms with Crippen LogP contribution in [0.4, 0.5) is 0 Å². The Morgan fingerprint density at radius 3 is 2.69 bits per heavy atom. The number of carbonyl (C=O) groups excluding carboxylic acids is 1. The van der Waals surface area contributed by atoms with E-state index in [1.165, 1.54) is 0 Å². The third kappa shape index (κ3) is 0.976. The summed E-state index contributed by atoms with van der Waals surface area (Å²) in [7, 11) is 0. The van der Waals surface area contributed by atoms with Crippen molar-refractivity contribution in [3.05, 3.63) is 11.8 Å². The number of aliphatic hydroxyl groups excluding tert-OH is 1. The van der Waals surface area contributed by atoms with Crippen molar-refractivity contribution < 1.29 is 9.90 Å². The van der Waals surface area contributed by atoms with E-state index >= 15 is 0 Å². The van der Waals surface area contributed by atoms with E-state index in [-0.39, 0.29) is 23.0 Å². The molecular weight excluding hydrogens is 164 g/mol. The first kappa shape index (κ1) is 8.79. The molecule has 0 radical (unpaired) electrons. The van der Waals surface area contributed by atoms with E-state index in [1.54, 1.807) is 0 Å². The molecule has 0 aliphatic heterocycles. The Labute approximate surface area is 78.6 Å². The second-order valence-corrected chi connectivity index (χ2v) is 4.99. The molecule has 2 fully saturated rings. The number of Topliss-reactive ketones (excluding diaryl/α,β-unsaturated/α-hetero) is 1. The van der Waals surface area contributed by atoms with Gasteiger partial charge in [0.15, 0.2) is 5.78 Å². The van der Waals surface area contributed by atoms with Gasteiger partial charge in [-0.2, -0.15) is 0 Å². The number of ketones is 1. The number of carbonyl (C=O) groups is 1. The quantitative estimate of drug-likeness (QED) is 0.459. The van der Waals surface area contributed by atoms with Crippen molar-refractivity contribution in [1.29, 1.82) is 0 Å². The van der Waals surface area contributed by atoms with Crippen molar-refractivity contribution in [2.45, 2.75) is 27.2 Å². The molecule has 0 aromatic heterocycles. The fraction of sp³-hybridized carbons (Fsp3) is 0.727. The van der Waals surface area contributed by atoms with Crippen LogP contribution in [0.5, 0.6) is 0 Å². The first-order valence-corrected chi connectivity index (χ1v) is 4.88. The highest BCUT2D eigenvalue weighted by Gasteiger charge is 2.64. The number of rotatable bonds is 0. The van der Waals surface area contributed by atoms with Crippen LogP contribution in [0.15, 0.2) is 11.8 Å². The lowest BCUT2D eigenvalue weighted by Crippen LogP contribution is -2.19. The van der Waals surface area contributed by atoms with Crippen LogP contribution in [0.25, 0.3) is 0 Å². The van der Waals surface area contributed by atoms with E-state index in [0.717, 1.165) is 12.7 Å². The summed E-state index contributed by atoms with van der Waals surface area (Å²) in [6.07, 6.45) is 2.06. The van der Waals surface area contributed by atoms with Gasteiger partial charge in [-0.1, -0.05) is 20.8 Å². The molecule has 0 saturated heterocycles. The van der Waals surface area contributed by atoms with Gasteiger partial charge in [0.05, 0.1) is 6.26 Å². The summed E-state index contributed by atoms with van der Waals surface area (Å²) in [6.45, 7) is 6.31. The van der Waals surface area contributed by atoms with Crippen LogP contribution in [-0.4, -0.2) is 10.9 Å². The van der Waals surface area contributed by atoms with Crippen molar-refractivity contribution in [3.63, 3.8) is 0 Å². The van der Waals surface area contributed by atoms with Gasteiger partial charge in [0.2, 0.25) is 0 Å². The Bertz CT molecular complexity index is 288. The number of aliphatic hydroxyl groups is 1. The minimum Gasteiger partial charge on any atom is -0.515 e. The largest absolute Gasteiger partial charge is 0.515 e. The van der Waals surface area contributed by atoms with Gasteiger partial charge in [-0.15, -0.1) is 0 Å². The fourth-order valence-corrected chi connectivity index (χ4v) is 2.83. The summed E-state index contributed by atoms with van der Waals surface area (Å²) < 4.78 is 0. The van der Waals surface area contributed by atoms with Crippen molar-refractivity contribution in [1.82, 2.24) is 0 Å². The molecule has 0 amide bonds. The maximum atomic E-state index is 11.8. The molecule has 0 bridgehead atoms. The van der Waals surface area contributed by atoms with E-state index in [2.05, 4.69) is 13.8 Å². The van der Waals surface area contributed by atoms with Crippen molar-refractivity contribution in [2.24, 2.45) is 23.2 Å². The van der Waals surface area contributed by atoms with Gasteiger partial charge in [0, 0.05) is 11.5 Å². The molecule has 3 atom stereocenters. The molecule has 2 rings (SSSR count). The van der Waals surface area contributed by atoms with Crippen molar-refractivity contribution in [2.75, 3.05) is 0 Å². The molecule has 2 aliphatic rings. The molecule has 2 aliphatic carbocycles. The second kappa shape index (κ2) is 2.37. The van der Waals surface area contributed by atoms with E-state index in [0.29, 0.717) is 11.5 Å². The van der Waals surface area contributed by atoms with Gasteiger partial charge in [-0.3, -0.25) is 4.79 Å². The standard InChI is InChI=1S/C11H16O2/c1-6-4-8-9(11(8,2)3)10(13)7(6)5-12/h5-6,8-9,12H,4H2,1-3H3/b7-5+/t6-,8+,9+/m1/s1. The molecular formula is C11H16O2. The normalized spacial score (nSPS) is 44.7. The van der Waals surface area contributed by atoms with Gasteiger partial charge < -0.3 is 5.11 Å². The Balaban J connectivity index is 2.29. The molecule has 0 aromatic carbocycles. The highest BCUT2D eigenvalue weighted by molar-refractivity contribution is 6.01. The second-order valence-electron chi connectivity index (χ2n) is 4.99. The fourth-order valence-electron chi connectivity index (χ4n) is 2.83.